The second-order valence-corrected chi connectivity index (χ2v) is 3.87. The van der Waals surface area contributed by atoms with Gasteiger partial charge in [0.25, 0.3) is 0 Å². The van der Waals surface area contributed by atoms with Crippen LogP contribution in [-0.2, 0) is 6.42 Å². The lowest BCUT2D eigenvalue weighted by Gasteiger charge is -2.11. The molecule has 1 heterocycles. The summed E-state index contributed by atoms with van der Waals surface area (Å²) in [6.45, 7) is 5.90. The Labute approximate surface area is 84.3 Å². The molecule has 1 aromatic carbocycles. The van der Waals surface area contributed by atoms with E-state index in [1.807, 2.05) is 6.07 Å². The molecule has 0 bridgehead atoms. The van der Waals surface area contributed by atoms with E-state index >= 15 is 0 Å². The molecule has 0 saturated heterocycles. The molecule has 0 aliphatic carbocycles. The molecular formula is C12H15NO. The number of rotatable bonds is 0. The van der Waals surface area contributed by atoms with E-state index in [1.54, 1.807) is 0 Å². The fourth-order valence-corrected chi connectivity index (χ4v) is 1.77. The van der Waals surface area contributed by atoms with Crippen molar-refractivity contribution < 1.29 is 5.11 Å². The summed E-state index contributed by atoms with van der Waals surface area (Å²) in [6.07, 6.45) is 1.23. The van der Waals surface area contributed by atoms with Crippen molar-refractivity contribution in [1.82, 2.24) is 0 Å². The van der Waals surface area contributed by atoms with E-state index in [0.29, 0.717) is 5.70 Å². The third-order valence-electron chi connectivity index (χ3n) is 2.65. The standard InChI is InChI=1S/C12H15NO/c1-8-3-5-11-10(7-8)4-6-12(14)9(2)13-11/h3,5,7,12-14H,2,4,6H2,1H3. The normalized spacial score (nSPS) is 21.0. The molecule has 0 fully saturated rings. The number of nitrogens with one attached hydrogen (secondary N) is 1. The summed E-state index contributed by atoms with van der Waals surface area (Å²) in [5.41, 5.74) is 4.31. The summed E-state index contributed by atoms with van der Waals surface area (Å²) in [6, 6.07) is 6.28. The van der Waals surface area contributed by atoms with Crippen molar-refractivity contribution in [1.29, 1.82) is 0 Å². The minimum absolute atomic E-state index is 0.428. The highest BCUT2D eigenvalue weighted by Crippen LogP contribution is 2.25. The van der Waals surface area contributed by atoms with Gasteiger partial charge in [0.1, 0.15) is 0 Å². The summed E-state index contributed by atoms with van der Waals surface area (Å²) < 4.78 is 0. The monoisotopic (exact) mass is 189 g/mol. The molecule has 74 valence electrons. The average molecular weight is 189 g/mol. The van der Waals surface area contributed by atoms with Crippen LogP contribution in [0, 0.1) is 6.92 Å². The van der Waals surface area contributed by atoms with Gasteiger partial charge < -0.3 is 10.4 Å². The molecule has 0 saturated carbocycles. The van der Waals surface area contributed by atoms with Crippen LogP contribution in [0.4, 0.5) is 5.69 Å². The largest absolute Gasteiger partial charge is 0.387 e. The molecule has 1 aliphatic rings. The minimum atomic E-state index is -0.428. The molecule has 0 spiro atoms. The molecule has 2 nitrogen and oxygen atoms in total. The van der Waals surface area contributed by atoms with Crippen LogP contribution in [0.1, 0.15) is 17.5 Å². The second kappa shape index (κ2) is 3.46. The quantitative estimate of drug-likeness (QED) is 0.656. The minimum Gasteiger partial charge on any atom is -0.387 e. The zero-order chi connectivity index (χ0) is 10.1. The fraction of sp³-hybridized carbons (Fsp3) is 0.333. The molecular weight excluding hydrogens is 174 g/mol. The van der Waals surface area contributed by atoms with Gasteiger partial charge in [0.15, 0.2) is 0 Å². The van der Waals surface area contributed by atoms with E-state index < -0.39 is 6.10 Å². The maximum absolute atomic E-state index is 9.64. The number of aryl methyl sites for hydroxylation is 2. The molecule has 2 heteroatoms. The summed E-state index contributed by atoms with van der Waals surface area (Å²) in [5.74, 6) is 0. The van der Waals surface area contributed by atoms with Crippen LogP contribution in [0.5, 0.6) is 0 Å². The molecule has 1 aromatic rings. The Morgan fingerprint density at radius 1 is 1.50 bits per heavy atom. The summed E-state index contributed by atoms with van der Waals surface area (Å²) in [5, 5.41) is 12.8. The lowest BCUT2D eigenvalue weighted by molar-refractivity contribution is 0.204. The number of hydrogen-bond acceptors (Lipinski definition) is 2. The van der Waals surface area contributed by atoms with Gasteiger partial charge in [0, 0.05) is 11.4 Å². The van der Waals surface area contributed by atoms with E-state index in [4.69, 9.17) is 0 Å². The molecule has 0 aromatic heterocycles. The van der Waals surface area contributed by atoms with E-state index in [1.165, 1.54) is 11.1 Å². The van der Waals surface area contributed by atoms with Crippen LogP contribution in [0.3, 0.4) is 0 Å². The first-order valence-electron chi connectivity index (χ1n) is 4.90. The van der Waals surface area contributed by atoms with Gasteiger partial charge in [-0.05, 0) is 31.4 Å². The van der Waals surface area contributed by atoms with Crippen LogP contribution in [0.25, 0.3) is 0 Å². The predicted octanol–water partition coefficient (Wildman–Crippen LogP) is 2.23. The Hall–Kier alpha value is -1.28. The van der Waals surface area contributed by atoms with Crippen molar-refractivity contribution in [2.24, 2.45) is 0 Å². The third-order valence-corrected chi connectivity index (χ3v) is 2.65. The molecule has 2 rings (SSSR count). The third kappa shape index (κ3) is 1.66. The van der Waals surface area contributed by atoms with Crippen molar-refractivity contribution in [3.05, 3.63) is 41.6 Å². The molecule has 0 radical (unpaired) electrons. The summed E-state index contributed by atoms with van der Waals surface area (Å²) >= 11 is 0. The number of aliphatic hydroxyl groups is 1. The highest BCUT2D eigenvalue weighted by Gasteiger charge is 2.16. The zero-order valence-corrected chi connectivity index (χ0v) is 8.38. The molecule has 14 heavy (non-hydrogen) atoms. The van der Waals surface area contributed by atoms with Crippen LogP contribution in [0.2, 0.25) is 0 Å². The molecule has 2 N–H and O–H groups in total. The number of anilines is 1. The van der Waals surface area contributed by atoms with E-state index in [-0.39, 0.29) is 0 Å². The molecule has 1 unspecified atom stereocenters. The fourth-order valence-electron chi connectivity index (χ4n) is 1.77. The maximum Gasteiger partial charge on any atom is 0.0934 e. The first kappa shape index (κ1) is 9.28. The van der Waals surface area contributed by atoms with Crippen molar-refractivity contribution in [2.75, 3.05) is 5.32 Å². The smallest absolute Gasteiger partial charge is 0.0934 e. The van der Waals surface area contributed by atoms with Gasteiger partial charge >= 0.3 is 0 Å². The summed E-state index contributed by atoms with van der Waals surface area (Å²) in [7, 11) is 0. The molecule has 1 aliphatic heterocycles. The Bertz CT molecular complexity index is 371. The highest BCUT2D eigenvalue weighted by atomic mass is 16.3. The second-order valence-electron chi connectivity index (χ2n) is 3.87. The lowest BCUT2D eigenvalue weighted by Crippen LogP contribution is -2.13. The Kier molecular flexibility index (Phi) is 2.30. The predicted molar refractivity (Wildman–Crippen MR) is 58.3 cm³/mol. The number of hydrogen-bond donors (Lipinski definition) is 2. The number of aliphatic hydroxyl groups excluding tert-OH is 1. The zero-order valence-electron chi connectivity index (χ0n) is 8.38. The highest BCUT2D eigenvalue weighted by molar-refractivity contribution is 5.57. The van der Waals surface area contributed by atoms with Crippen molar-refractivity contribution in [3.8, 4) is 0 Å². The Balaban J connectivity index is 2.37. The van der Waals surface area contributed by atoms with Gasteiger partial charge in [0.05, 0.1) is 6.10 Å². The van der Waals surface area contributed by atoms with Crippen LogP contribution in [0.15, 0.2) is 30.5 Å². The van der Waals surface area contributed by atoms with Gasteiger partial charge in [-0.15, -0.1) is 0 Å². The molecule has 1 atom stereocenters. The Morgan fingerprint density at radius 2 is 2.29 bits per heavy atom. The van der Waals surface area contributed by atoms with Gasteiger partial charge in [-0.3, -0.25) is 0 Å². The van der Waals surface area contributed by atoms with E-state index in [9.17, 15) is 5.11 Å². The Morgan fingerprint density at radius 3 is 3.07 bits per heavy atom. The first-order valence-corrected chi connectivity index (χ1v) is 4.90. The summed E-state index contributed by atoms with van der Waals surface area (Å²) in [4.78, 5) is 0. The first-order chi connectivity index (χ1) is 6.66. The lowest BCUT2D eigenvalue weighted by atomic mass is 10.0. The SMILES string of the molecule is C=C1Nc2ccc(C)cc2CCC1O. The van der Waals surface area contributed by atoms with Crippen molar-refractivity contribution in [2.45, 2.75) is 25.9 Å². The van der Waals surface area contributed by atoms with Crippen LogP contribution >= 0.6 is 0 Å². The topological polar surface area (TPSA) is 32.3 Å². The van der Waals surface area contributed by atoms with Crippen molar-refractivity contribution in [3.63, 3.8) is 0 Å². The number of benzene rings is 1. The van der Waals surface area contributed by atoms with E-state index in [2.05, 4.69) is 31.0 Å². The molecule has 0 amide bonds. The van der Waals surface area contributed by atoms with Gasteiger partial charge in [0.2, 0.25) is 0 Å². The number of fused-ring (bicyclic) bond motifs is 1. The van der Waals surface area contributed by atoms with E-state index in [0.717, 1.165) is 18.5 Å². The van der Waals surface area contributed by atoms with Crippen LogP contribution in [-0.4, -0.2) is 11.2 Å². The van der Waals surface area contributed by atoms with Gasteiger partial charge in [-0.25, -0.2) is 0 Å². The van der Waals surface area contributed by atoms with Crippen LogP contribution < -0.4 is 5.32 Å². The van der Waals surface area contributed by atoms with Gasteiger partial charge in [-0.2, -0.15) is 0 Å². The van der Waals surface area contributed by atoms with Gasteiger partial charge in [-0.1, -0.05) is 24.3 Å². The maximum atomic E-state index is 9.64. The average Bonchev–Trinajstić information content (AvgIpc) is 2.29. The van der Waals surface area contributed by atoms with Crippen molar-refractivity contribution >= 4 is 5.69 Å².